The molecule has 2 heterocycles. The average molecular weight is 276 g/mol. The van der Waals surface area contributed by atoms with Crippen LogP contribution < -0.4 is 15.1 Å². The van der Waals surface area contributed by atoms with Gasteiger partial charge in [-0.25, -0.2) is 0 Å². The van der Waals surface area contributed by atoms with Gasteiger partial charge in [-0.15, -0.1) is 0 Å². The monoisotopic (exact) mass is 276 g/mol. The first kappa shape index (κ1) is 14.1. The molecule has 0 spiro atoms. The molecule has 7 nitrogen and oxygen atoms in total. The third-order valence-electron chi connectivity index (χ3n) is 2.85. The Bertz CT molecular complexity index is 540. The first-order valence-corrected chi connectivity index (χ1v) is 6.45. The highest BCUT2D eigenvalue weighted by Crippen LogP contribution is 2.14. The van der Waals surface area contributed by atoms with Crippen molar-refractivity contribution in [3.8, 4) is 0 Å². The van der Waals surface area contributed by atoms with Gasteiger partial charge in [0.2, 0.25) is 17.8 Å². The molecule has 0 aliphatic heterocycles. The highest BCUT2D eigenvalue weighted by Gasteiger charge is 2.11. The van der Waals surface area contributed by atoms with E-state index in [0.717, 1.165) is 18.7 Å². The fourth-order valence-corrected chi connectivity index (χ4v) is 1.67. The molecule has 0 aliphatic rings. The van der Waals surface area contributed by atoms with Crippen LogP contribution in [0.4, 0.5) is 17.8 Å². The Labute approximate surface area is 118 Å². The van der Waals surface area contributed by atoms with Crippen molar-refractivity contribution in [2.45, 2.75) is 6.42 Å². The van der Waals surface area contributed by atoms with Crippen molar-refractivity contribution in [2.75, 3.05) is 49.9 Å². The minimum absolute atomic E-state index is 0.559. The number of nitrogens with zero attached hydrogens (tertiary/aromatic N) is 5. The predicted octanol–water partition coefficient (Wildman–Crippen LogP) is 1.25. The summed E-state index contributed by atoms with van der Waals surface area (Å²) in [5.41, 5.74) is 0. The zero-order valence-electron chi connectivity index (χ0n) is 12.3. The van der Waals surface area contributed by atoms with E-state index in [4.69, 9.17) is 4.42 Å². The first-order chi connectivity index (χ1) is 9.60. The van der Waals surface area contributed by atoms with Gasteiger partial charge < -0.3 is 19.5 Å². The summed E-state index contributed by atoms with van der Waals surface area (Å²) in [6, 6.07) is 3.85. The summed E-state index contributed by atoms with van der Waals surface area (Å²) in [6.07, 6.45) is 2.49. The van der Waals surface area contributed by atoms with E-state index in [0.29, 0.717) is 17.8 Å². The van der Waals surface area contributed by atoms with E-state index in [9.17, 15) is 0 Å². The van der Waals surface area contributed by atoms with Crippen molar-refractivity contribution in [1.29, 1.82) is 0 Å². The van der Waals surface area contributed by atoms with Crippen molar-refractivity contribution >= 4 is 17.8 Å². The summed E-state index contributed by atoms with van der Waals surface area (Å²) in [5, 5.41) is 2.95. The molecule has 0 unspecified atom stereocenters. The topological polar surface area (TPSA) is 70.3 Å². The lowest BCUT2D eigenvalue weighted by Gasteiger charge is -2.19. The first-order valence-electron chi connectivity index (χ1n) is 6.45. The Hall–Kier alpha value is -2.31. The zero-order valence-corrected chi connectivity index (χ0v) is 12.3. The summed E-state index contributed by atoms with van der Waals surface area (Å²) in [4.78, 5) is 16.9. The Kier molecular flexibility index (Phi) is 4.39. The van der Waals surface area contributed by atoms with Crippen molar-refractivity contribution in [3.63, 3.8) is 0 Å². The largest absolute Gasteiger partial charge is 0.469 e. The smallest absolute Gasteiger partial charge is 0.231 e. The van der Waals surface area contributed by atoms with Crippen molar-refractivity contribution in [1.82, 2.24) is 15.0 Å². The van der Waals surface area contributed by atoms with Crippen LogP contribution in [0.25, 0.3) is 0 Å². The van der Waals surface area contributed by atoms with Gasteiger partial charge in [0, 0.05) is 41.2 Å². The number of hydrogen-bond donors (Lipinski definition) is 1. The number of aromatic nitrogens is 3. The van der Waals surface area contributed by atoms with Gasteiger partial charge in [0.15, 0.2) is 0 Å². The molecule has 0 fully saturated rings. The molecular weight excluding hydrogens is 256 g/mol. The Balaban J connectivity index is 2.11. The Morgan fingerprint density at radius 2 is 1.90 bits per heavy atom. The molecule has 0 aromatic carbocycles. The van der Waals surface area contributed by atoms with E-state index in [-0.39, 0.29) is 0 Å². The molecule has 0 atom stereocenters. The maximum atomic E-state index is 5.33. The normalized spacial score (nSPS) is 10.4. The van der Waals surface area contributed by atoms with Crippen LogP contribution in [-0.2, 0) is 6.42 Å². The molecule has 108 valence electrons. The highest BCUT2D eigenvalue weighted by molar-refractivity contribution is 5.43. The van der Waals surface area contributed by atoms with Crippen LogP contribution in [-0.4, -0.2) is 49.7 Å². The molecule has 0 aliphatic carbocycles. The maximum Gasteiger partial charge on any atom is 0.231 e. The van der Waals surface area contributed by atoms with E-state index in [1.165, 1.54) is 0 Å². The SMILES string of the molecule is CNc1nc(N(C)C)nc(N(C)CCc2ccco2)n1. The quantitative estimate of drug-likeness (QED) is 0.851. The van der Waals surface area contributed by atoms with Crippen LogP contribution in [0.2, 0.25) is 0 Å². The molecule has 0 amide bonds. The van der Waals surface area contributed by atoms with Crippen LogP contribution in [0, 0.1) is 0 Å². The summed E-state index contributed by atoms with van der Waals surface area (Å²) in [5.74, 6) is 2.78. The molecule has 7 heteroatoms. The van der Waals surface area contributed by atoms with Gasteiger partial charge in [0.1, 0.15) is 5.76 Å². The van der Waals surface area contributed by atoms with Gasteiger partial charge in [-0.05, 0) is 12.1 Å². The van der Waals surface area contributed by atoms with E-state index >= 15 is 0 Å². The molecule has 0 saturated heterocycles. The highest BCUT2D eigenvalue weighted by atomic mass is 16.3. The minimum Gasteiger partial charge on any atom is -0.469 e. The lowest BCUT2D eigenvalue weighted by Crippen LogP contribution is -2.25. The second-order valence-electron chi connectivity index (χ2n) is 4.65. The van der Waals surface area contributed by atoms with Crippen molar-refractivity contribution < 1.29 is 4.42 Å². The van der Waals surface area contributed by atoms with Crippen LogP contribution in [0.3, 0.4) is 0 Å². The average Bonchev–Trinajstić information content (AvgIpc) is 2.97. The van der Waals surface area contributed by atoms with Gasteiger partial charge >= 0.3 is 0 Å². The Morgan fingerprint density at radius 3 is 2.50 bits per heavy atom. The summed E-state index contributed by atoms with van der Waals surface area (Å²) >= 11 is 0. The van der Waals surface area contributed by atoms with Crippen LogP contribution in [0.5, 0.6) is 0 Å². The molecule has 0 bridgehead atoms. The number of likely N-dealkylation sites (N-methyl/N-ethyl adjacent to an activating group) is 1. The second kappa shape index (κ2) is 6.23. The second-order valence-corrected chi connectivity index (χ2v) is 4.65. The van der Waals surface area contributed by atoms with Crippen LogP contribution >= 0.6 is 0 Å². The molecule has 1 N–H and O–H groups in total. The van der Waals surface area contributed by atoms with E-state index in [1.54, 1.807) is 13.3 Å². The van der Waals surface area contributed by atoms with E-state index < -0.39 is 0 Å². The van der Waals surface area contributed by atoms with Gasteiger partial charge in [0.05, 0.1) is 6.26 Å². The molecule has 20 heavy (non-hydrogen) atoms. The van der Waals surface area contributed by atoms with Crippen LogP contribution in [0.15, 0.2) is 22.8 Å². The number of furan rings is 1. The van der Waals surface area contributed by atoms with Gasteiger partial charge in [-0.1, -0.05) is 0 Å². The third kappa shape index (κ3) is 3.37. The number of hydrogen-bond acceptors (Lipinski definition) is 7. The van der Waals surface area contributed by atoms with Crippen LogP contribution in [0.1, 0.15) is 5.76 Å². The van der Waals surface area contributed by atoms with E-state index in [2.05, 4.69) is 20.3 Å². The minimum atomic E-state index is 0.559. The van der Waals surface area contributed by atoms with Crippen molar-refractivity contribution in [3.05, 3.63) is 24.2 Å². The fraction of sp³-hybridized carbons (Fsp3) is 0.462. The summed E-state index contributed by atoms with van der Waals surface area (Å²) in [7, 11) is 7.56. The number of anilines is 3. The molecule has 2 aromatic heterocycles. The lowest BCUT2D eigenvalue weighted by molar-refractivity contribution is 0.508. The molecule has 0 radical (unpaired) electrons. The standard InChI is InChI=1S/C13H20N6O/c1-14-11-15-12(18(2)3)17-13(16-11)19(4)8-7-10-6-5-9-20-10/h5-6,9H,7-8H2,1-4H3,(H,14,15,16,17). The maximum absolute atomic E-state index is 5.33. The molecule has 0 saturated carbocycles. The molecular formula is C13H20N6O. The summed E-state index contributed by atoms with van der Waals surface area (Å²) < 4.78 is 5.33. The summed E-state index contributed by atoms with van der Waals surface area (Å²) in [6.45, 7) is 0.771. The van der Waals surface area contributed by atoms with Gasteiger partial charge in [0.25, 0.3) is 0 Å². The van der Waals surface area contributed by atoms with E-state index in [1.807, 2.05) is 43.1 Å². The fourth-order valence-electron chi connectivity index (χ4n) is 1.67. The Morgan fingerprint density at radius 1 is 1.15 bits per heavy atom. The van der Waals surface area contributed by atoms with Gasteiger partial charge in [-0.3, -0.25) is 0 Å². The third-order valence-corrected chi connectivity index (χ3v) is 2.85. The molecule has 2 aromatic rings. The van der Waals surface area contributed by atoms with Crippen molar-refractivity contribution in [2.24, 2.45) is 0 Å². The number of nitrogens with one attached hydrogen (secondary N) is 1. The number of rotatable bonds is 6. The predicted molar refractivity (Wildman–Crippen MR) is 79.4 cm³/mol. The molecule has 2 rings (SSSR count). The van der Waals surface area contributed by atoms with Gasteiger partial charge in [-0.2, -0.15) is 15.0 Å². The zero-order chi connectivity index (χ0) is 14.5. The lowest BCUT2D eigenvalue weighted by atomic mass is 10.3.